The maximum atomic E-state index is 11.1. The first-order chi connectivity index (χ1) is 27.0. The summed E-state index contributed by atoms with van der Waals surface area (Å²) in [7, 11) is 1.46. The summed E-state index contributed by atoms with van der Waals surface area (Å²) in [6.45, 7) is 6.26. The number of carboxylic acid groups (broad SMARTS) is 1. The monoisotopic (exact) mass is 783 g/mol. The number of rotatable bonds is 36. The van der Waals surface area contributed by atoms with Gasteiger partial charge in [0.25, 0.3) is 0 Å². The van der Waals surface area contributed by atoms with Crippen LogP contribution in [0, 0.1) is 0 Å². The summed E-state index contributed by atoms with van der Waals surface area (Å²) >= 11 is 0. The van der Waals surface area contributed by atoms with Crippen molar-refractivity contribution in [3.05, 3.63) is 0 Å². The number of carboxylic acids is 1. The maximum Gasteiger partial charge on any atom is 0.305 e. The Morgan fingerprint density at radius 3 is 1.18 bits per heavy atom. The van der Waals surface area contributed by atoms with Gasteiger partial charge in [0.2, 0.25) is 0 Å². The van der Waals surface area contributed by atoms with Crippen LogP contribution in [0.1, 0.15) is 245 Å². The van der Waals surface area contributed by atoms with Crippen molar-refractivity contribution in [2.24, 2.45) is 0 Å². The fourth-order valence-electron chi connectivity index (χ4n) is 7.74. The zero-order valence-corrected chi connectivity index (χ0v) is 36.5. The largest absolute Gasteiger partial charge is 0.481 e. The highest BCUT2D eigenvalue weighted by atomic mass is 16.7. The smallest absolute Gasteiger partial charge is 0.305 e. The fraction of sp³-hybridized carbons (Fsp3) is 0.957. The van der Waals surface area contributed by atoms with E-state index < -0.39 is 5.97 Å². The molecule has 4 unspecified atom stereocenters. The molecule has 0 aromatic carbocycles. The maximum absolute atomic E-state index is 11.1. The third-order valence-electron chi connectivity index (χ3n) is 11.3. The second-order valence-electron chi connectivity index (χ2n) is 16.5. The highest BCUT2D eigenvalue weighted by Gasteiger charge is 2.21. The molecule has 8 nitrogen and oxygen atoms in total. The van der Waals surface area contributed by atoms with E-state index >= 15 is 0 Å². The topological polar surface area (TPSA) is 101 Å². The summed E-state index contributed by atoms with van der Waals surface area (Å²) in [5.41, 5.74) is 0. The van der Waals surface area contributed by atoms with E-state index in [2.05, 4.69) is 18.6 Å². The summed E-state index contributed by atoms with van der Waals surface area (Å²) < 4.78 is 28.9. The average molecular weight is 783 g/mol. The molecule has 0 bridgehead atoms. The van der Waals surface area contributed by atoms with Gasteiger partial charge in [0.1, 0.15) is 0 Å². The van der Waals surface area contributed by atoms with Gasteiger partial charge in [-0.25, -0.2) is 0 Å². The number of aliphatic carboxylic acids is 1. The van der Waals surface area contributed by atoms with Gasteiger partial charge in [-0.1, -0.05) is 155 Å². The van der Waals surface area contributed by atoms with Crippen LogP contribution in [0.5, 0.6) is 0 Å². The van der Waals surface area contributed by atoms with Crippen LogP contribution in [0.3, 0.4) is 0 Å². The molecule has 326 valence electrons. The second-order valence-corrected chi connectivity index (χ2v) is 16.5. The van der Waals surface area contributed by atoms with Gasteiger partial charge in [0.15, 0.2) is 12.6 Å². The fourth-order valence-corrected chi connectivity index (χ4v) is 7.74. The molecular weight excluding hydrogens is 693 g/mol. The van der Waals surface area contributed by atoms with Crippen molar-refractivity contribution in [2.45, 2.75) is 270 Å². The number of hydrogen-bond acceptors (Lipinski definition) is 7. The van der Waals surface area contributed by atoms with E-state index in [4.69, 9.17) is 24.1 Å². The summed E-state index contributed by atoms with van der Waals surface area (Å²) in [5.74, 6) is -0.745. The zero-order chi connectivity index (χ0) is 39.9. The Balaban J connectivity index is 0.000000550. The highest BCUT2D eigenvalue weighted by molar-refractivity contribution is 5.69. The van der Waals surface area contributed by atoms with Crippen LogP contribution in [0.2, 0.25) is 0 Å². The van der Waals surface area contributed by atoms with Crippen LogP contribution in [0.4, 0.5) is 0 Å². The lowest BCUT2D eigenvalue weighted by Crippen LogP contribution is -2.28. The van der Waals surface area contributed by atoms with E-state index in [1.165, 1.54) is 187 Å². The first-order valence-electron chi connectivity index (χ1n) is 23.8. The molecule has 0 aromatic heterocycles. The highest BCUT2D eigenvalue weighted by Crippen LogP contribution is 2.24. The van der Waals surface area contributed by atoms with Crippen molar-refractivity contribution in [3.63, 3.8) is 0 Å². The first kappa shape index (κ1) is 51.8. The molecule has 1 N–H and O–H groups in total. The molecule has 0 amide bonds. The summed E-state index contributed by atoms with van der Waals surface area (Å²) in [6.07, 6.45) is 43.2. The van der Waals surface area contributed by atoms with Crippen molar-refractivity contribution in [2.75, 3.05) is 20.3 Å². The molecule has 0 radical (unpaired) electrons. The predicted molar refractivity (Wildman–Crippen MR) is 226 cm³/mol. The number of carbonyl (C=O) groups excluding carboxylic acids is 1. The molecule has 2 aliphatic rings. The first-order valence-corrected chi connectivity index (χ1v) is 23.8. The molecule has 2 fully saturated rings. The lowest BCUT2D eigenvalue weighted by molar-refractivity contribution is -0.191. The number of hydrogen-bond donors (Lipinski definition) is 1. The third-order valence-corrected chi connectivity index (χ3v) is 11.3. The third kappa shape index (κ3) is 34.5. The molecule has 2 heterocycles. The van der Waals surface area contributed by atoms with E-state index in [-0.39, 0.29) is 18.5 Å². The Bertz CT molecular complexity index is 826. The molecule has 2 aliphatic heterocycles. The van der Waals surface area contributed by atoms with Gasteiger partial charge in [0.05, 0.1) is 19.3 Å². The zero-order valence-electron chi connectivity index (χ0n) is 36.5. The minimum atomic E-state index is -0.667. The second kappa shape index (κ2) is 39.6. The summed E-state index contributed by atoms with van der Waals surface area (Å²) in [6, 6.07) is 0. The van der Waals surface area contributed by atoms with Crippen molar-refractivity contribution in [1.29, 1.82) is 0 Å². The van der Waals surface area contributed by atoms with Crippen LogP contribution in [0.15, 0.2) is 0 Å². The van der Waals surface area contributed by atoms with E-state index in [9.17, 15) is 9.59 Å². The van der Waals surface area contributed by atoms with Crippen LogP contribution in [-0.4, -0.2) is 62.2 Å². The Hall–Kier alpha value is -1.22. The molecule has 0 aliphatic carbocycles. The number of carbonyl (C=O) groups is 2. The Kier molecular flexibility index (Phi) is 37.3. The van der Waals surface area contributed by atoms with E-state index in [0.717, 1.165) is 51.7 Å². The molecule has 0 aromatic rings. The van der Waals surface area contributed by atoms with E-state index in [0.29, 0.717) is 25.0 Å². The molecule has 8 heteroatoms. The number of unbranched alkanes of at least 4 members (excludes halogenated alkanes) is 20. The normalized spacial score (nSPS) is 18.3. The van der Waals surface area contributed by atoms with Crippen LogP contribution in [0.25, 0.3) is 0 Å². The molecule has 0 spiro atoms. The van der Waals surface area contributed by atoms with E-state index in [1.54, 1.807) is 0 Å². The van der Waals surface area contributed by atoms with Crippen LogP contribution < -0.4 is 0 Å². The van der Waals surface area contributed by atoms with Gasteiger partial charge >= 0.3 is 11.9 Å². The standard InChI is InChI=1S/C24H46O4.C23H44O4/c1-3-4-5-12-17-22(28-24-20-15-16-21-27-24)18-13-10-8-6-7-9-11-14-19-23(25)26-2;1-2-3-4-11-16-21(27-23-19-14-15-20-26-23)17-12-9-7-5-6-8-10-13-18-22(24)25/h22,24H,3-21H2,1-2H3;21,23H,2-20H2,1H3,(H,24,25). The Labute approximate surface area is 339 Å². The van der Waals surface area contributed by atoms with Crippen molar-refractivity contribution >= 4 is 11.9 Å². The van der Waals surface area contributed by atoms with Gasteiger partial charge in [-0.05, 0) is 77.0 Å². The number of ether oxygens (including phenoxy) is 5. The average Bonchev–Trinajstić information content (AvgIpc) is 3.20. The Morgan fingerprint density at radius 1 is 0.509 bits per heavy atom. The van der Waals surface area contributed by atoms with Gasteiger partial charge in [-0.3, -0.25) is 9.59 Å². The number of esters is 1. The minimum Gasteiger partial charge on any atom is -0.481 e. The molecule has 55 heavy (non-hydrogen) atoms. The Morgan fingerprint density at radius 2 is 0.855 bits per heavy atom. The molecule has 2 saturated heterocycles. The molecule has 2 rings (SSSR count). The SMILES string of the molecule is CCCCCCC(CCCCCCCCCCC(=O)O)OC1CCCCO1.CCCCCCC(CCCCCCCCCCC(=O)OC)OC1CCCCO1. The van der Waals surface area contributed by atoms with Crippen LogP contribution >= 0.6 is 0 Å². The van der Waals surface area contributed by atoms with Gasteiger partial charge < -0.3 is 28.8 Å². The number of methoxy groups -OCH3 is 1. The predicted octanol–water partition coefficient (Wildman–Crippen LogP) is 13.8. The van der Waals surface area contributed by atoms with Crippen molar-refractivity contribution < 1.29 is 38.4 Å². The quantitative estimate of drug-likeness (QED) is 0.0495. The van der Waals surface area contributed by atoms with Crippen molar-refractivity contribution in [1.82, 2.24) is 0 Å². The van der Waals surface area contributed by atoms with Gasteiger partial charge in [-0.2, -0.15) is 0 Å². The lowest BCUT2D eigenvalue weighted by atomic mass is 10.0. The van der Waals surface area contributed by atoms with Gasteiger partial charge in [0, 0.05) is 26.1 Å². The van der Waals surface area contributed by atoms with Crippen molar-refractivity contribution in [3.8, 4) is 0 Å². The van der Waals surface area contributed by atoms with E-state index in [1.807, 2.05) is 0 Å². The minimum absolute atomic E-state index is 0.0423. The summed E-state index contributed by atoms with van der Waals surface area (Å²) in [5, 5.41) is 8.62. The molecule has 4 atom stereocenters. The lowest BCUT2D eigenvalue weighted by Gasteiger charge is -2.28. The molecular formula is C47H90O8. The molecule has 0 saturated carbocycles. The van der Waals surface area contributed by atoms with Crippen LogP contribution in [-0.2, 0) is 33.3 Å². The van der Waals surface area contributed by atoms with Gasteiger partial charge in [-0.15, -0.1) is 0 Å². The summed E-state index contributed by atoms with van der Waals surface area (Å²) in [4.78, 5) is 21.5.